The summed E-state index contributed by atoms with van der Waals surface area (Å²) in [5.74, 6) is 0.814. The molecule has 0 bridgehead atoms. The van der Waals surface area contributed by atoms with Crippen molar-refractivity contribution in [3.8, 4) is 10.8 Å². The number of aromatic nitrogens is 1. The minimum Gasteiger partial charge on any atom is -0.440 e. The molecule has 3 rings (SSSR count). The predicted octanol–water partition coefficient (Wildman–Crippen LogP) is 4.16. The van der Waals surface area contributed by atoms with Gasteiger partial charge in [-0.15, -0.1) is 11.3 Å². The average Bonchev–Trinajstić information content (AvgIpc) is 3.21. The smallest absolute Gasteiger partial charge is 0.236 e. The first-order valence-corrected chi connectivity index (χ1v) is 8.99. The molecule has 134 valence electrons. The highest BCUT2D eigenvalue weighted by molar-refractivity contribution is 7.13. The zero-order chi connectivity index (χ0) is 18.7. The number of benzene rings is 1. The maximum Gasteiger partial charge on any atom is 0.236 e. The predicted molar refractivity (Wildman–Crippen MR) is 102 cm³/mol. The number of nitrogens with one attached hydrogen (secondary N) is 2. The highest BCUT2D eigenvalue weighted by atomic mass is 32.1. The Balaban J connectivity index is 1.73. The maximum atomic E-state index is 12.4. The van der Waals surface area contributed by atoms with Gasteiger partial charge in [-0.1, -0.05) is 12.1 Å². The number of rotatable bonds is 5. The fourth-order valence-corrected chi connectivity index (χ4v) is 3.19. The van der Waals surface area contributed by atoms with Gasteiger partial charge in [0.25, 0.3) is 0 Å². The van der Waals surface area contributed by atoms with Crippen LogP contribution in [0.4, 0.5) is 11.4 Å². The molecule has 2 aromatic heterocycles. The van der Waals surface area contributed by atoms with Crippen molar-refractivity contribution in [3.05, 3.63) is 52.7 Å². The van der Waals surface area contributed by atoms with E-state index in [4.69, 9.17) is 4.42 Å². The number of aryl methyl sites for hydroxylation is 1. The van der Waals surface area contributed by atoms with E-state index >= 15 is 0 Å². The van der Waals surface area contributed by atoms with Crippen molar-refractivity contribution in [2.24, 2.45) is 0 Å². The molecule has 0 radical (unpaired) electrons. The second-order valence-electron chi connectivity index (χ2n) is 5.88. The molecule has 0 saturated heterocycles. The highest BCUT2D eigenvalue weighted by Gasteiger charge is 2.16. The molecule has 0 unspecified atom stereocenters. The molecule has 3 aromatic rings. The zero-order valence-electron chi connectivity index (χ0n) is 14.8. The van der Waals surface area contributed by atoms with E-state index in [1.165, 1.54) is 18.3 Å². The van der Waals surface area contributed by atoms with Crippen LogP contribution in [-0.2, 0) is 16.0 Å². The maximum absolute atomic E-state index is 12.4. The van der Waals surface area contributed by atoms with Crippen LogP contribution >= 0.6 is 11.3 Å². The van der Waals surface area contributed by atoms with Crippen LogP contribution in [0.3, 0.4) is 0 Å². The third-order valence-electron chi connectivity index (χ3n) is 3.87. The first-order valence-electron chi connectivity index (χ1n) is 8.11. The minimum atomic E-state index is -0.192. The molecule has 1 aromatic carbocycles. The molecule has 0 saturated carbocycles. The van der Waals surface area contributed by atoms with E-state index in [1.54, 1.807) is 25.1 Å². The van der Waals surface area contributed by atoms with Crippen LogP contribution in [0.2, 0.25) is 0 Å². The zero-order valence-corrected chi connectivity index (χ0v) is 15.6. The van der Waals surface area contributed by atoms with Gasteiger partial charge >= 0.3 is 0 Å². The summed E-state index contributed by atoms with van der Waals surface area (Å²) >= 11 is 1.54. The summed E-state index contributed by atoms with van der Waals surface area (Å²) in [4.78, 5) is 29.1. The average molecular weight is 369 g/mol. The largest absolute Gasteiger partial charge is 0.440 e. The van der Waals surface area contributed by atoms with Crippen molar-refractivity contribution >= 4 is 34.5 Å². The molecule has 0 atom stereocenters. The number of hydrogen-bond acceptors (Lipinski definition) is 5. The Morgan fingerprint density at radius 2 is 1.85 bits per heavy atom. The molecule has 2 N–H and O–H groups in total. The number of oxazole rings is 1. The Bertz CT molecular complexity index is 945. The molecule has 2 amide bonds. The van der Waals surface area contributed by atoms with Crippen LogP contribution < -0.4 is 10.6 Å². The summed E-state index contributed by atoms with van der Waals surface area (Å²) in [5.41, 5.74) is 2.74. The number of hydrogen-bond donors (Lipinski definition) is 2. The lowest BCUT2D eigenvalue weighted by atomic mass is 10.1. The van der Waals surface area contributed by atoms with E-state index in [0.717, 1.165) is 10.4 Å². The van der Waals surface area contributed by atoms with Crippen LogP contribution in [0.15, 0.2) is 40.1 Å². The second kappa shape index (κ2) is 7.53. The summed E-state index contributed by atoms with van der Waals surface area (Å²) in [7, 11) is 0. The van der Waals surface area contributed by atoms with Gasteiger partial charge in [-0.25, -0.2) is 4.98 Å². The quantitative estimate of drug-likeness (QED) is 0.707. The van der Waals surface area contributed by atoms with Crippen molar-refractivity contribution in [2.45, 2.75) is 27.2 Å². The molecular formula is C19H19N3O3S. The van der Waals surface area contributed by atoms with Crippen LogP contribution in [0.25, 0.3) is 10.8 Å². The Labute approximate surface area is 155 Å². The lowest BCUT2D eigenvalue weighted by Gasteiger charge is -2.12. The lowest BCUT2D eigenvalue weighted by Crippen LogP contribution is -2.16. The molecule has 26 heavy (non-hydrogen) atoms. The standard InChI is InChI=1S/C19H19N3O3S/c1-11-14(20-13(3)23)6-4-7-15(11)21-18(24)10-16-12(2)25-19(22-16)17-8-5-9-26-17/h4-9H,10H2,1-3H3,(H,20,23)(H,21,24). The van der Waals surface area contributed by atoms with Crippen LogP contribution in [0.1, 0.15) is 23.9 Å². The van der Waals surface area contributed by atoms with E-state index < -0.39 is 0 Å². The fourth-order valence-electron chi connectivity index (χ4n) is 2.54. The molecule has 0 aliphatic rings. The number of anilines is 2. The van der Waals surface area contributed by atoms with Gasteiger partial charge in [0, 0.05) is 18.3 Å². The highest BCUT2D eigenvalue weighted by Crippen LogP contribution is 2.27. The summed E-state index contributed by atoms with van der Waals surface area (Å²) in [6.07, 6.45) is 0.116. The van der Waals surface area contributed by atoms with Gasteiger partial charge < -0.3 is 15.1 Å². The van der Waals surface area contributed by atoms with Crippen LogP contribution in [0.5, 0.6) is 0 Å². The molecule has 7 heteroatoms. The Morgan fingerprint density at radius 3 is 2.50 bits per heavy atom. The van der Waals surface area contributed by atoms with Crippen molar-refractivity contribution in [1.82, 2.24) is 4.98 Å². The summed E-state index contributed by atoms with van der Waals surface area (Å²) in [5, 5.41) is 7.57. The summed E-state index contributed by atoms with van der Waals surface area (Å²) in [6.45, 7) is 5.09. The minimum absolute atomic E-state index is 0.116. The van der Waals surface area contributed by atoms with Crippen LogP contribution in [0, 0.1) is 13.8 Å². The Hall–Kier alpha value is -2.93. The normalized spacial score (nSPS) is 10.6. The third kappa shape index (κ3) is 4.00. The van der Waals surface area contributed by atoms with E-state index in [0.29, 0.717) is 28.7 Å². The summed E-state index contributed by atoms with van der Waals surface area (Å²) < 4.78 is 5.67. The monoisotopic (exact) mass is 369 g/mol. The number of nitrogens with zero attached hydrogens (tertiary/aromatic N) is 1. The van der Waals surface area contributed by atoms with E-state index in [1.807, 2.05) is 24.4 Å². The van der Waals surface area contributed by atoms with Gasteiger partial charge in [0.1, 0.15) is 5.76 Å². The molecule has 2 heterocycles. The SMILES string of the molecule is CC(=O)Nc1cccc(NC(=O)Cc2nc(-c3cccs3)oc2C)c1C. The molecule has 0 spiro atoms. The van der Waals surface area contributed by atoms with Gasteiger partial charge in [-0.05, 0) is 43.0 Å². The Kier molecular flexibility index (Phi) is 5.18. The number of carbonyl (C=O) groups excluding carboxylic acids is 2. The summed E-state index contributed by atoms with van der Waals surface area (Å²) in [6, 6.07) is 9.23. The van der Waals surface area contributed by atoms with Crippen molar-refractivity contribution < 1.29 is 14.0 Å². The van der Waals surface area contributed by atoms with Crippen LogP contribution in [-0.4, -0.2) is 16.8 Å². The number of carbonyl (C=O) groups is 2. The van der Waals surface area contributed by atoms with E-state index in [2.05, 4.69) is 15.6 Å². The molecular weight excluding hydrogens is 350 g/mol. The van der Waals surface area contributed by atoms with Crippen molar-refractivity contribution in [2.75, 3.05) is 10.6 Å². The van der Waals surface area contributed by atoms with E-state index in [9.17, 15) is 9.59 Å². The van der Waals surface area contributed by atoms with Gasteiger partial charge in [-0.2, -0.15) is 0 Å². The number of amides is 2. The second-order valence-corrected chi connectivity index (χ2v) is 6.83. The molecule has 0 fully saturated rings. The fraction of sp³-hybridized carbons (Fsp3) is 0.211. The molecule has 0 aliphatic carbocycles. The first kappa shape index (κ1) is 17.9. The first-order chi connectivity index (χ1) is 12.4. The molecule has 0 aliphatic heterocycles. The van der Waals surface area contributed by atoms with Crippen molar-refractivity contribution in [1.29, 1.82) is 0 Å². The number of thiophene rings is 1. The van der Waals surface area contributed by atoms with Gasteiger partial charge in [0.05, 0.1) is 17.0 Å². The van der Waals surface area contributed by atoms with Crippen molar-refractivity contribution in [3.63, 3.8) is 0 Å². The van der Waals surface area contributed by atoms with Gasteiger partial charge in [0.2, 0.25) is 17.7 Å². The Morgan fingerprint density at radius 1 is 1.12 bits per heavy atom. The molecule has 6 nitrogen and oxygen atoms in total. The third-order valence-corrected chi connectivity index (χ3v) is 4.73. The topological polar surface area (TPSA) is 84.2 Å². The van der Waals surface area contributed by atoms with E-state index in [-0.39, 0.29) is 18.2 Å². The van der Waals surface area contributed by atoms with Gasteiger partial charge in [0.15, 0.2) is 0 Å². The lowest BCUT2D eigenvalue weighted by molar-refractivity contribution is -0.116. The van der Waals surface area contributed by atoms with Gasteiger partial charge in [-0.3, -0.25) is 9.59 Å².